The lowest BCUT2D eigenvalue weighted by atomic mass is 10.4. The Labute approximate surface area is 73.8 Å². The molecule has 0 saturated carbocycles. The van der Waals surface area contributed by atoms with E-state index in [1.807, 2.05) is 18.7 Å². The van der Waals surface area contributed by atoms with E-state index in [1.54, 1.807) is 0 Å². The molecule has 0 aliphatic rings. The van der Waals surface area contributed by atoms with E-state index in [2.05, 4.69) is 19.2 Å². The quantitative estimate of drug-likeness (QED) is 0.637. The molecule has 0 heterocycles. The highest BCUT2D eigenvalue weighted by Gasteiger charge is 2.03. The van der Waals surface area contributed by atoms with Gasteiger partial charge in [0.15, 0.2) is 0 Å². The summed E-state index contributed by atoms with van der Waals surface area (Å²) >= 11 is 1.81. The Morgan fingerprint density at radius 2 is 2.09 bits per heavy atom. The third-order valence-corrected chi connectivity index (χ3v) is 2.85. The van der Waals surface area contributed by atoms with E-state index < -0.39 is 0 Å². The number of rotatable bonds is 6. The van der Waals surface area contributed by atoms with Gasteiger partial charge >= 0.3 is 0 Å². The number of aliphatic hydroxyl groups is 1. The number of aliphatic hydroxyl groups excluding tert-OH is 1. The van der Waals surface area contributed by atoms with Crippen molar-refractivity contribution in [3.63, 3.8) is 0 Å². The first-order valence-electron chi connectivity index (χ1n) is 4.16. The lowest BCUT2D eigenvalue weighted by Crippen LogP contribution is -2.28. The van der Waals surface area contributed by atoms with Crippen LogP contribution in [0.25, 0.3) is 0 Å². The fourth-order valence-corrected chi connectivity index (χ4v) is 1.61. The highest BCUT2D eigenvalue weighted by Crippen LogP contribution is 2.10. The van der Waals surface area contributed by atoms with Crippen LogP contribution < -0.4 is 5.32 Å². The molecule has 2 atom stereocenters. The average molecular weight is 177 g/mol. The van der Waals surface area contributed by atoms with E-state index in [0.29, 0.717) is 11.3 Å². The molecule has 0 spiro atoms. The molecule has 0 radical (unpaired) electrons. The van der Waals surface area contributed by atoms with Gasteiger partial charge in [-0.05, 0) is 13.5 Å². The molecule has 11 heavy (non-hydrogen) atoms. The van der Waals surface area contributed by atoms with Crippen molar-refractivity contribution < 1.29 is 5.11 Å². The lowest BCUT2D eigenvalue weighted by Gasteiger charge is -2.13. The fourth-order valence-electron chi connectivity index (χ4n) is 0.769. The third kappa shape index (κ3) is 6.66. The number of nitrogens with one attached hydrogen (secondary N) is 1. The first kappa shape index (κ1) is 11.3. The lowest BCUT2D eigenvalue weighted by molar-refractivity contribution is 0.300. The summed E-state index contributed by atoms with van der Waals surface area (Å²) in [4.78, 5) is 0. The zero-order chi connectivity index (χ0) is 8.69. The molecular formula is C8H19NOS. The molecular weight excluding hydrogens is 158 g/mol. The van der Waals surface area contributed by atoms with Crippen LogP contribution in [-0.2, 0) is 0 Å². The molecule has 2 unspecified atom stereocenters. The second-order valence-corrected chi connectivity index (χ2v) is 4.26. The Kier molecular flexibility index (Phi) is 7.12. The molecule has 2 N–H and O–H groups in total. The Morgan fingerprint density at radius 3 is 2.55 bits per heavy atom. The molecule has 68 valence electrons. The highest BCUT2D eigenvalue weighted by molar-refractivity contribution is 7.99. The van der Waals surface area contributed by atoms with Gasteiger partial charge in [0.25, 0.3) is 0 Å². The molecule has 0 aromatic heterocycles. The SMILES string of the molecule is CCNC(C)CSC(C)CO. The number of thioether (sulfide) groups is 1. The van der Waals surface area contributed by atoms with E-state index in [4.69, 9.17) is 5.11 Å². The summed E-state index contributed by atoms with van der Waals surface area (Å²) in [5.74, 6) is 1.08. The second kappa shape index (κ2) is 6.95. The molecule has 0 saturated heterocycles. The van der Waals surface area contributed by atoms with Crippen molar-refractivity contribution in [1.82, 2.24) is 5.32 Å². The molecule has 2 nitrogen and oxygen atoms in total. The highest BCUT2D eigenvalue weighted by atomic mass is 32.2. The van der Waals surface area contributed by atoms with Gasteiger partial charge in [0.05, 0.1) is 6.61 Å². The minimum absolute atomic E-state index is 0.281. The molecule has 0 amide bonds. The molecule has 0 aliphatic carbocycles. The second-order valence-electron chi connectivity index (χ2n) is 2.79. The minimum atomic E-state index is 0.281. The van der Waals surface area contributed by atoms with Crippen LogP contribution in [0.5, 0.6) is 0 Å². The largest absolute Gasteiger partial charge is 0.395 e. The molecule has 0 fully saturated rings. The summed E-state index contributed by atoms with van der Waals surface area (Å²) in [7, 11) is 0. The van der Waals surface area contributed by atoms with Gasteiger partial charge < -0.3 is 10.4 Å². The van der Waals surface area contributed by atoms with Crippen molar-refractivity contribution in [3.05, 3.63) is 0 Å². The molecule has 0 rings (SSSR count). The van der Waals surface area contributed by atoms with Crippen molar-refractivity contribution >= 4 is 11.8 Å². The van der Waals surface area contributed by atoms with Gasteiger partial charge in [0.1, 0.15) is 0 Å². The Morgan fingerprint density at radius 1 is 1.45 bits per heavy atom. The first-order chi connectivity index (χ1) is 5.20. The maximum Gasteiger partial charge on any atom is 0.0547 e. The van der Waals surface area contributed by atoms with Gasteiger partial charge in [-0.25, -0.2) is 0 Å². The van der Waals surface area contributed by atoms with E-state index in [-0.39, 0.29) is 6.61 Å². The minimum Gasteiger partial charge on any atom is -0.395 e. The van der Waals surface area contributed by atoms with Crippen LogP contribution in [0.2, 0.25) is 0 Å². The summed E-state index contributed by atoms with van der Waals surface area (Å²) in [5, 5.41) is 12.4. The average Bonchev–Trinajstić information content (AvgIpc) is 2.01. The van der Waals surface area contributed by atoms with Gasteiger partial charge in [-0.2, -0.15) is 11.8 Å². The Balaban J connectivity index is 3.22. The van der Waals surface area contributed by atoms with Gasteiger partial charge in [-0.1, -0.05) is 13.8 Å². The van der Waals surface area contributed by atoms with Crippen LogP contribution in [0.4, 0.5) is 0 Å². The van der Waals surface area contributed by atoms with E-state index in [1.165, 1.54) is 0 Å². The topological polar surface area (TPSA) is 32.3 Å². The Hall–Kier alpha value is 0.270. The predicted molar refractivity (Wildman–Crippen MR) is 52.1 cm³/mol. The predicted octanol–water partition coefficient (Wildman–Crippen LogP) is 1.10. The molecule has 0 bridgehead atoms. The van der Waals surface area contributed by atoms with Crippen LogP contribution in [0.1, 0.15) is 20.8 Å². The van der Waals surface area contributed by atoms with Gasteiger partial charge in [0.2, 0.25) is 0 Å². The van der Waals surface area contributed by atoms with Crippen LogP contribution in [0.15, 0.2) is 0 Å². The molecule has 0 aromatic carbocycles. The summed E-state index contributed by atoms with van der Waals surface area (Å²) in [6.07, 6.45) is 0. The number of hydrogen-bond acceptors (Lipinski definition) is 3. The summed E-state index contributed by atoms with van der Waals surface area (Å²) < 4.78 is 0. The van der Waals surface area contributed by atoms with Gasteiger partial charge in [-0.3, -0.25) is 0 Å². The first-order valence-corrected chi connectivity index (χ1v) is 5.21. The van der Waals surface area contributed by atoms with Crippen molar-refractivity contribution in [3.8, 4) is 0 Å². The van der Waals surface area contributed by atoms with Gasteiger partial charge in [0, 0.05) is 17.0 Å². The molecule has 0 aromatic rings. The van der Waals surface area contributed by atoms with E-state index >= 15 is 0 Å². The Bertz CT molecular complexity index is 90.2. The van der Waals surface area contributed by atoms with Crippen molar-refractivity contribution in [2.45, 2.75) is 32.1 Å². The van der Waals surface area contributed by atoms with Crippen LogP contribution in [-0.4, -0.2) is 35.3 Å². The number of hydrogen-bond donors (Lipinski definition) is 2. The van der Waals surface area contributed by atoms with E-state index in [0.717, 1.165) is 12.3 Å². The maximum atomic E-state index is 8.74. The molecule has 0 aliphatic heterocycles. The van der Waals surface area contributed by atoms with Crippen molar-refractivity contribution in [2.24, 2.45) is 0 Å². The summed E-state index contributed by atoms with van der Waals surface area (Å²) in [5.41, 5.74) is 0. The zero-order valence-electron chi connectivity index (χ0n) is 7.63. The molecule has 3 heteroatoms. The van der Waals surface area contributed by atoms with Crippen LogP contribution in [0, 0.1) is 0 Å². The van der Waals surface area contributed by atoms with Gasteiger partial charge in [-0.15, -0.1) is 0 Å². The smallest absolute Gasteiger partial charge is 0.0547 e. The zero-order valence-corrected chi connectivity index (χ0v) is 8.45. The normalized spacial score (nSPS) is 16.4. The monoisotopic (exact) mass is 177 g/mol. The van der Waals surface area contributed by atoms with Crippen molar-refractivity contribution in [2.75, 3.05) is 18.9 Å². The van der Waals surface area contributed by atoms with Crippen LogP contribution in [0.3, 0.4) is 0 Å². The fraction of sp³-hybridized carbons (Fsp3) is 1.00. The summed E-state index contributed by atoms with van der Waals surface area (Å²) in [6, 6.07) is 0.555. The summed E-state index contributed by atoms with van der Waals surface area (Å²) in [6.45, 7) is 7.62. The van der Waals surface area contributed by atoms with E-state index in [9.17, 15) is 0 Å². The van der Waals surface area contributed by atoms with Crippen molar-refractivity contribution in [1.29, 1.82) is 0 Å². The third-order valence-electron chi connectivity index (χ3n) is 1.44. The standard InChI is InChI=1S/C8H19NOS/c1-4-9-7(2)6-11-8(3)5-10/h7-10H,4-6H2,1-3H3. The van der Waals surface area contributed by atoms with Crippen LogP contribution >= 0.6 is 11.8 Å². The maximum absolute atomic E-state index is 8.74.